The highest BCUT2D eigenvalue weighted by Crippen LogP contribution is 2.27. The van der Waals surface area contributed by atoms with Gasteiger partial charge in [-0.25, -0.2) is 0 Å². The van der Waals surface area contributed by atoms with E-state index in [2.05, 4.69) is 5.32 Å². The topological polar surface area (TPSA) is 47.3 Å². The van der Waals surface area contributed by atoms with Crippen LogP contribution in [0.5, 0.6) is 0 Å². The lowest BCUT2D eigenvalue weighted by Crippen LogP contribution is -2.35. The Kier molecular flexibility index (Phi) is 3.83. The highest BCUT2D eigenvalue weighted by Gasteiger charge is 2.20. The molecule has 0 aromatic rings. The molecule has 1 atom stereocenters. The van der Waals surface area contributed by atoms with E-state index in [1.807, 2.05) is 0 Å². The maximum absolute atomic E-state index is 5.45. The van der Waals surface area contributed by atoms with E-state index >= 15 is 0 Å². The highest BCUT2D eigenvalue weighted by atomic mass is 16.5. The first-order valence-electron chi connectivity index (χ1n) is 4.30. The Balaban J connectivity index is 1.90. The van der Waals surface area contributed by atoms with E-state index < -0.39 is 0 Å². The number of nitrogens with one attached hydrogen (secondary N) is 1. The minimum absolute atomic E-state index is 0.189. The SMILES string of the molecule is COC(CN)CNCC1CC1. The smallest absolute Gasteiger partial charge is 0.0817 e. The Morgan fingerprint density at radius 2 is 2.36 bits per heavy atom. The van der Waals surface area contributed by atoms with Gasteiger partial charge in [-0.3, -0.25) is 0 Å². The van der Waals surface area contributed by atoms with Gasteiger partial charge in [-0.15, -0.1) is 0 Å². The normalized spacial score (nSPS) is 20.2. The molecule has 0 amide bonds. The van der Waals surface area contributed by atoms with E-state index in [9.17, 15) is 0 Å². The summed E-state index contributed by atoms with van der Waals surface area (Å²) in [6, 6.07) is 0. The van der Waals surface area contributed by atoms with E-state index in [-0.39, 0.29) is 6.10 Å². The Hall–Kier alpha value is -0.120. The third-order valence-corrected chi connectivity index (χ3v) is 2.10. The summed E-state index contributed by atoms with van der Waals surface area (Å²) < 4.78 is 5.11. The molecule has 1 unspecified atom stereocenters. The van der Waals surface area contributed by atoms with Crippen LogP contribution in [-0.2, 0) is 4.74 Å². The fourth-order valence-electron chi connectivity index (χ4n) is 1.03. The number of nitrogens with two attached hydrogens (primary N) is 1. The molecule has 1 aliphatic rings. The van der Waals surface area contributed by atoms with Crippen molar-refractivity contribution >= 4 is 0 Å². The molecule has 11 heavy (non-hydrogen) atoms. The van der Waals surface area contributed by atoms with E-state index in [1.54, 1.807) is 7.11 Å². The molecule has 0 aromatic heterocycles. The fourth-order valence-corrected chi connectivity index (χ4v) is 1.03. The molecular formula is C8H18N2O. The minimum atomic E-state index is 0.189. The van der Waals surface area contributed by atoms with Crippen LogP contribution in [0.25, 0.3) is 0 Å². The average molecular weight is 158 g/mol. The molecule has 0 heterocycles. The first-order chi connectivity index (χ1) is 5.36. The zero-order valence-electron chi connectivity index (χ0n) is 7.18. The standard InChI is InChI=1S/C8H18N2O/c1-11-8(4-9)6-10-5-7-2-3-7/h7-8,10H,2-6,9H2,1H3. The van der Waals surface area contributed by atoms with Gasteiger partial charge in [0.15, 0.2) is 0 Å². The van der Waals surface area contributed by atoms with Crippen molar-refractivity contribution in [3.63, 3.8) is 0 Å². The van der Waals surface area contributed by atoms with E-state index in [1.165, 1.54) is 12.8 Å². The molecule has 3 heteroatoms. The highest BCUT2D eigenvalue weighted by molar-refractivity contribution is 4.76. The summed E-state index contributed by atoms with van der Waals surface area (Å²) in [4.78, 5) is 0. The number of methoxy groups -OCH3 is 1. The predicted octanol–water partition coefficient (Wildman–Crippen LogP) is -0.0403. The number of hydrogen-bond acceptors (Lipinski definition) is 3. The second-order valence-corrected chi connectivity index (χ2v) is 3.20. The van der Waals surface area contributed by atoms with Crippen LogP contribution in [0.15, 0.2) is 0 Å². The number of rotatable bonds is 6. The van der Waals surface area contributed by atoms with E-state index in [4.69, 9.17) is 10.5 Å². The van der Waals surface area contributed by atoms with Crippen LogP contribution in [-0.4, -0.2) is 32.8 Å². The van der Waals surface area contributed by atoms with E-state index in [0.717, 1.165) is 19.0 Å². The first-order valence-corrected chi connectivity index (χ1v) is 4.30. The molecule has 3 N–H and O–H groups in total. The lowest BCUT2D eigenvalue weighted by molar-refractivity contribution is 0.108. The average Bonchev–Trinajstić information content (AvgIpc) is 2.82. The van der Waals surface area contributed by atoms with Gasteiger partial charge in [0.05, 0.1) is 6.10 Å². The summed E-state index contributed by atoms with van der Waals surface area (Å²) in [6.45, 7) is 2.64. The van der Waals surface area contributed by atoms with Gasteiger partial charge in [0.2, 0.25) is 0 Å². The summed E-state index contributed by atoms with van der Waals surface area (Å²) in [6.07, 6.45) is 2.98. The van der Waals surface area contributed by atoms with Crippen molar-refractivity contribution < 1.29 is 4.74 Å². The summed E-state index contributed by atoms with van der Waals surface area (Å²) in [5.74, 6) is 0.935. The maximum atomic E-state index is 5.45. The van der Waals surface area contributed by atoms with Crippen LogP contribution in [0.3, 0.4) is 0 Å². The predicted molar refractivity (Wildman–Crippen MR) is 45.4 cm³/mol. The second-order valence-electron chi connectivity index (χ2n) is 3.20. The molecule has 1 rings (SSSR count). The Morgan fingerprint density at radius 3 is 2.82 bits per heavy atom. The summed E-state index contributed by atoms with van der Waals surface area (Å²) in [5.41, 5.74) is 5.45. The third-order valence-electron chi connectivity index (χ3n) is 2.10. The van der Waals surface area contributed by atoms with Gasteiger partial charge in [0.25, 0.3) is 0 Å². The largest absolute Gasteiger partial charge is 0.379 e. The van der Waals surface area contributed by atoms with Gasteiger partial charge in [-0.1, -0.05) is 0 Å². The van der Waals surface area contributed by atoms with Gasteiger partial charge >= 0.3 is 0 Å². The van der Waals surface area contributed by atoms with Crippen LogP contribution in [0.4, 0.5) is 0 Å². The summed E-state index contributed by atoms with van der Waals surface area (Å²) >= 11 is 0. The van der Waals surface area contributed by atoms with Crippen LogP contribution in [0, 0.1) is 5.92 Å². The molecule has 66 valence electrons. The molecule has 0 aromatic carbocycles. The van der Waals surface area contributed by atoms with E-state index in [0.29, 0.717) is 6.54 Å². The van der Waals surface area contributed by atoms with Crippen molar-refractivity contribution in [3.8, 4) is 0 Å². The quantitative estimate of drug-likeness (QED) is 0.570. The molecular weight excluding hydrogens is 140 g/mol. The number of hydrogen-bond donors (Lipinski definition) is 2. The van der Waals surface area contributed by atoms with Gasteiger partial charge in [0, 0.05) is 20.2 Å². The molecule has 3 nitrogen and oxygen atoms in total. The summed E-state index contributed by atoms with van der Waals surface area (Å²) in [5, 5.41) is 3.34. The molecule has 0 radical (unpaired) electrons. The molecule has 1 saturated carbocycles. The maximum Gasteiger partial charge on any atom is 0.0817 e. The van der Waals surface area contributed by atoms with Crippen LogP contribution < -0.4 is 11.1 Å². The molecule has 0 aliphatic heterocycles. The van der Waals surface area contributed by atoms with Gasteiger partial charge < -0.3 is 15.8 Å². The molecule has 0 saturated heterocycles. The number of ether oxygens (including phenoxy) is 1. The van der Waals surface area contributed by atoms with Crippen molar-refractivity contribution in [2.24, 2.45) is 11.7 Å². The Labute approximate surface area is 68.3 Å². The van der Waals surface area contributed by atoms with Gasteiger partial charge in [-0.2, -0.15) is 0 Å². The van der Waals surface area contributed by atoms with Crippen LogP contribution in [0.1, 0.15) is 12.8 Å². The zero-order valence-corrected chi connectivity index (χ0v) is 7.18. The molecule has 0 spiro atoms. The van der Waals surface area contributed by atoms with Crippen molar-refractivity contribution in [2.45, 2.75) is 18.9 Å². The monoisotopic (exact) mass is 158 g/mol. The second kappa shape index (κ2) is 4.70. The van der Waals surface area contributed by atoms with Gasteiger partial charge in [-0.05, 0) is 25.3 Å². The zero-order chi connectivity index (χ0) is 8.10. The van der Waals surface area contributed by atoms with Crippen molar-refractivity contribution in [2.75, 3.05) is 26.7 Å². The molecule has 1 aliphatic carbocycles. The fraction of sp³-hybridized carbons (Fsp3) is 1.00. The van der Waals surface area contributed by atoms with Crippen molar-refractivity contribution in [3.05, 3.63) is 0 Å². The van der Waals surface area contributed by atoms with Crippen LogP contribution in [0.2, 0.25) is 0 Å². The lowest BCUT2D eigenvalue weighted by atomic mass is 10.3. The van der Waals surface area contributed by atoms with Crippen molar-refractivity contribution in [1.29, 1.82) is 0 Å². The molecule has 0 bridgehead atoms. The minimum Gasteiger partial charge on any atom is -0.379 e. The van der Waals surface area contributed by atoms with Crippen molar-refractivity contribution in [1.82, 2.24) is 5.32 Å². The third kappa shape index (κ3) is 3.70. The first kappa shape index (κ1) is 8.97. The van der Waals surface area contributed by atoms with Gasteiger partial charge in [0.1, 0.15) is 0 Å². The summed E-state index contributed by atoms with van der Waals surface area (Å²) in [7, 11) is 1.70. The lowest BCUT2D eigenvalue weighted by Gasteiger charge is -2.12. The van der Waals surface area contributed by atoms with Crippen LogP contribution >= 0.6 is 0 Å². The Bertz CT molecular complexity index is 100. The Morgan fingerprint density at radius 1 is 1.64 bits per heavy atom. The molecule has 1 fully saturated rings.